The van der Waals surface area contributed by atoms with Gasteiger partial charge in [0.05, 0.1) is 113 Å². The molecule has 2 aromatic rings. The van der Waals surface area contributed by atoms with Gasteiger partial charge in [0.15, 0.2) is 0 Å². The maximum Gasteiger partial charge on any atom is 0.356 e. The lowest BCUT2D eigenvalue weighted by molar-refractivity contribution is 0.000127. The Kier molecular flexibility index (Phi) is 25.9. The second-order valence-electron chi connectivity index (χ2n) is 8.86. The van der Waals surface area contributed by atoms with Crippen LogP contribution >= 0.6 is 0 Å². The molecule has 0 bridgehead atoms. The predicted octanol–water partition coefficient (Wildman–Crippen LogP) is 0.650. The van der Waals surface area contributed by atoms with Gasteiger partial charge >= 0.3 is 11.9 Å². The highest BCUT2D eigenvalue weighted by Gasteiger charge is 2.11. The molecule has 262 valence electrons. The Morgan fingerprint density at radius 1 is 0.617 bits per heavy atom. The van der Waals surface area contributed by atoms with Gasteiger partial charge in [-0.25, -0.2) is 9.59 Å². The summed E-state index contributed by atoms with van der Waals surface area (Å²) >= 11 is 0. The fourth-order valence-electron chi connectivity index (χ4n) is 3.37. The molecule has 0 aromatic carbocycles. The summed E-state index contributed by atoms with van der Waals surface area (Å²) in [6, 6.07) is 3.05. The van der Waals surface area contributed by atoms with Gasteiger partial charge in [0, 0.05) is 12.4 Å². The summed E-state index contributed by atoms with van der Waals surface area (Å²) in [7, 11) is 1.33. The van der Waals surface area contributed by atoms with Crippen LogP contribution in [0.3, 0.4) is 0 Å². The lowest BCUT2D eigenvalue weighted by atomic mass is 10.4. The van der Waals surface area contributed by atoms with Crippen molar-refractivity contribution in [3.05, 3.63) is 35.9 Å². The summed E-state index contributed by atoms with van der Waals surface area (Å²) in [6.07, 6.45) is 13.1. The van der Waals surface area contributed by atoms with Crippen molar-refractivity contribution in [1.29, 1.82) is 0 Å². The Hall–Kier alpha value is -3.84. The Morgan fingerprint density at radius 2 is 0.957 bits per heavy atom. The lowest BCUT2D eigenvalue weighted by Gasteiger charge is -2.08. The molecule has 0 saturated carbocycles. The molecule has 0 unspecified atom stereocenters. The number of carbonyl (C=O) groups excluding carboxylic acids is 1. The minimum atomic E-state index is -1.00. The first kappa shape index (κ1) is 41.2. The van der Waals surface area contributed by atoms with Gasteiger partial charge < -0.3 is 47.7 Å². The van der Waals surface area contributed by atoms with Crippen LogP contribution in [0, 0.1) is 24.7 Å². The van der Waals surface area contributed by atoms with E-state index in [1.54, 1.807) is 16.9 Å². The number of nitrogens with zero attached hydrogens (tertiary/aromatic N) is 4. The van der Waals surface area contributed by atoms with Crippen molar-refractivity contribution in [2.75, 3.05) is 113 Å². The second kappa shape index (κ2) is 29.6. The predicted molar refractivity (Wildman–Crippen MR) is 167 cm³/mol. The number of carboxylic acid groups (broad SMARTS) is 1. The minimum absolute atomic E-state index is 0.147. The van der Waals surface area contributed by atoms with Crippen LogP contribution in [0.2, 0.25) is 0 Å². The molecule has 1 N–H and O–H groups in total. The molecule has 47 heavy (non-hydrogen) atoms. The number of esters is 1. The van der Waals surface area contributed by atoms with Crippen molar-refractivity contribution < 1.29 is 57.3 Å². The number of hydrogen-bond acceptors (Lipinski definition) is 13. The van der Waals surface area contributed by atoms with Crippen LogP contribution in [0.15, 0.2) is 24.5 Å². The number of aromatic nitrogens is 4. The Labute approximate surface area is 275 Å². The van der Waals surface area contributed by atoms with Crippen LogP contribution in [0.25, 0.3) is 0 Å². The van der Waals surface area contributed by atoms with Gasteiger partial charge in [-0.15, -0.1) is 12.8 Å². The highest BCUT2D eigenvalue weighted by Crippen LogP contribution is 2.01. The fraction of sp³-hybridized carbons (Fsp3) is 0.613. The van der Waals surface area contributed by atoms with Gasteiger partial charge in [-0.2, -0.15) is 10.2 Å². The number of carbonyl (C=O) groups is 2. The standard InChI is InChI=1S/C16H24N2O6.C15H22N2O6/c1-3-7-21-9-11-23-13-14-24-12-10-22-8-6-18-15(4-5-17-18)16(19)20-2;1-2-6-20-8-10-22-12-13-23-11-9-21-7-5-17-14(15(18)19)3-4-16-17/h1,4-5H,6-14H2,2H3;1,3-4H,5-13H2,(H,18,19). The van der Waals surface area contributed by atoms with E-state index >= 15 is 0 Å². The molecule has 2 heterocycles. The summed E-state index contributed by atoms with van der Waals surface area (Å²) < 4.78 is 49.7. The van der Waals surface area contributed by atoms with Crippen LogP contribution in [-0.4, -0.2) is 149 Å². The van der Waals surface area contributed by atoms with Crippen LogP contribution < -0.4 is 0 Å². The number of aromatic carboxylic acids is 1. The third kappa shape index (κ3) is 21.6. The summed E-state index contributed by atoms with van der Waals surface area (Å²) in [6.45, 7) is 7.92. The molecule has 16 nitrogen and oxygen atoms in total. The zero-order valence-electron chi connectivity index (χ0n) is 26.9. The van der Waals surface area contributed by atoms with E-state index in [0.29, 0.717) is 124 Å². The molecule has 0 fully saturated rings. The van der Waals surface area contributed by atoms with Crippen molar-refractivity contribution in [2.45, 2.75) is 13.1 Å². The van der Waals surface area contributed by atoms with E-state index in [1.807, 2.05) is 0 Å². The first-order valence-corrected chi connectivity index (χ1v) is 14.9. The SMILES string of the molecule is C#CCOCCOCCOCCOCCn1nccc1C(=O)O.C#CCOCCOCCOCCOCCn1nccc1C(=O)OC. The highest BCUT2D eigenvalue weighted by atomic mass is 16.6. The molecular weight excluding hydrogens is 620 g/mol. The van der Waals surface area contributed by atoms with E-state index < -0.39 is 11.9 Å². The van der Waals surface area contributed by atoms with Crippen molar-refractivity contribution in [3.8, 4) is 24.7 Å². The zero-order chi connectivity index (χ0) is 34.2. The van der Waals surface area contributed by atoms with Crippen LogP contribution in [0.5, 0.6) is 0 Å². The molecule has 0 aliphatic heterocycles. The molecule has 0 spiro atoms. The molecule has 0 amide bonds. The maximum absolute atomic E-state index is 11.5. The van der Waals surface area contributed by atoms with Gasteiger partial charge in [-0.3, -0.25) is 9.36 Å². The highest BCUT2D eigenvalue weighted by molar-refractivity contribution is 5.87. The van der Waals surface area contributed by atoms with Gasteiger partial charge in [-0.1, -0.05) is 11.8 Å². The average molecular weight is 667 g/mol. The van der Waals surface area contributed by atoms with E-state index in [0.717, 1.165) is 0 Å². The van der Waals surface area contributed by atoms with E-state index in [4.69, 9.17) is 55.8 Å². The van der Waals surface area contributed by atoms with Crippen molar-refractivity contribution in [3.63, 3.8) is 0 Å². The quantitative estimate of drug-likeness (QED) is 0.0762. The molecule has 0 aliphatic carbocycles. The molecule has 0 atom stereocenters. The van der Waals surface area contributed by atoms with Gasteiger partial charge in [0.2, 0.25) is 0 Å². The summed E-state index contributed by atoms with van der Waals surface area (Å²) in [4.78, 5) is 22.3. The Balaban J connectivity index is 0.000000470. The molecule has 0 saturated heterocycles. The Morgan fingerprint density at radius 3 is 1.32 bits per heavy atom. The van der Waals surface area contributed by atoms with E-state index in [1.165, 1.54) is 24.1 Å². The Bertz CT molecular complexity index is 1160. The molecule has 16 heteroatoms. The lowest BCUT2D eigenvalue weighted by Crippen LogP contribution is -2.16. The van der Waals surface area contributed by atoms with Gasteiger partial charge in [0.1, 0.15) is 24.6 Å². The molecule has 0 aliphatic rings. The van der Waals surface area contributed by atoms with Gasteiger partial charge in [0.25, 0.3) is 0 Å². The molecule has 2 aromatic heterocycles. The largest absolute Gasteiger partial charge is 0.477 e. The minimum Gasteiger partial charge on any atom is -0.477 e. The zero-order valence-corrected chi connectivity index (χ0v) is 26.9. The normalized spacial score (nSPS) is 10.5. The van der Waals surface area contributed by atoms with Crippen molar-refractivity contribution >= 4 is 11.9 Å². The van der Waals surface area contributed by atoms with E-state index in [2.05, 4.69) is 26.8 Å². The average Bonchev–Trinajstić information content (AvgIpc) is 3.75. The second-order valence-corrected chi connectivity index (χ2v) is 8.86. The third-order valence-corrected chi connectivity index (χ3v) is 5.54. The first-order chi connectivity index (χ1) is 23.0. The van der Waals surface area contributed by atoms with Crippen LogP contribution in [-0.2, 0) is 55.7 Å². The fourth-order valence-corrected chi connectivity index (χ4v) is 3.37. The van der Waals surface area contributed by atoms with Crippen molar-refractivity contribution in [2.24, 2.45) is 0 Å². The molecule has 0 radical (unpaired) electrons. The maximum atomic E-state index is 11.5. The number of terminal acetylenes is 2. The van der Waals surface area contributed by atoms with Crippen molar-refractivity contribution in [1.82, 2.24) is 19.6 Å². The smallest absolute Gasteiger partial charge is 0.356 e. The van der Waals surface area contributed by atoms with E-state index in [-0.39, 0.29) is 5.69 Å². The summed E-state index contributed by atoms with van der Waals surface area (Å²) in [5, 5.41) is 16.9. The van der Waals surface area contributed by atoms with Gasteiger partial charge in [-0.05, 0) is 12.1 Å². The summed E-state index contributed by atoms with van der Waals surface area (Å²) in [5.74, 6) is 3.33. The molecule has 2 rings (SSSR count). The number of rotatable bonds is 28. The van der Waals surface area contributed by atoms with Crippen LogP contribution in [0.4, 0.5) is 0 Å². The number of carboxylic acids is 1. The topological polar surface area (TPSA) is 173 Å². The first-order valence-electron chi connectivity index (χ1n) is 14.9. The number of ether oxygens (including phenoxy) is 9. The number of hydrogen-bond donors (Lipinski definition) is 1. The van der Waals surface area contributed by atoms with Crippen LogP contribution in [0.1, 0.15) is 21.0 Å². The van der Waals surface area contributed by atoms with E-state index in [9.17, 15) is 9.59 Å². The third-order valence-electron chi connectivity index (χ3n) is 5.54. The molecular formula is C31H46N4O12. The summed E-state index contributed by atoms with van der Waals surface area (Å²) in [5.41, 5.74) is 0.550. The number of methoxy groups -OCH3 is 1. The monoisotopic (exact) mass is 666 g/mol.